The van der Waals surface area contributed by atoms with Crippen LogP contribution in [-0.4, -0.2) is 20.4 Å². The second kappa shape index (κ2) is 7.61. The van der Waals surface area contributed by atoms with E-state index in [1.807, 2.05) is 19.1 Å². The molecule has 3 rings (SSSR count). The molecule has 0 fully saturated rings. The van der Waals surface area contributed by atoms with E-state index in [1.54, 1.807) is 11.6 Å². The minimum atomic E-state index is -0.440. The Hall–Kier alpha value is -2.80. The van der Waals surface area contributed by atoms with Crippen molar-refractivity contribution in [2.24, 2.45) is 0 Å². The fourth-order valence-corrected chi connectivity index (χ4v) is 3.28. The van der Waals surface area contributed by atoms with Crippen LogP contribution in [0.5, 0.6) is 0 Å². The molecule has 6 nitrogen and oxygen atoms in total. The molecule has 0 saturated heterocycles. The van der Waals surface area contributed by atoms with Gasteiger partial charge in [-0.15, -0.1) is 11.3 Å². The molecule has 3 aromatic rings. The molecule has 2 heterocycles. The van der Waals surface area contributed by atoms with E-state index in [2.05, 4.69) is 41.3 Å². The van der Waals surface area contributed by atoms with Crippen molar-refractivity contribution in [3.63, 3.8) is 0 Å². The highest BCUT2D eigenvalue weighted by Crippen LogP contribution is 2.26. The third-order valence-electron chi connectivity index (χ3n) is 4.05. The van der Waals surface area contributed by atoms with Gasteiger partial charge in [0.25, 0.3) is 11.5 Å². The summed E-state index contributed by atoms with van der Waals surface area (Å²) in [5, 5.41) is 5.00. The van der Waals surface area contributed by atoms with Crippen molar-refractivity contribution >= 4 is 23.1 Å². The standard InChI is InChI=1S/C19H20N4O2S/c1-4-23-10-9-20-16(19(23)25)22-17(24)15-11-26-18(21-15)14-7-5-13(6-8-14)12(2)3/h5-12H,4H2,1-3H3,(H,20,22,24). The number of rotatable bonds is 5. The van der Waals surface area contributed by atoms with Crippen molar-refractivity contribution < 1.29 is 4.79 Å². The molecule has 2 aromatic heterocycles. The maximum absolute atomic E-state index is 12.4. The van der Waals surface area contributed by atoms with Crippen LogP contribution < -0.4 is 10.9 Å². The molecule has 0 spiro atoms. The number of carbonyl (C=O) groups excluding carboxylic acids is 1. The first kappa shape index (κ1) is 18.0. The first-order valence-corrected chi connectivity index (χ1v) is 9.30. The van der Waals surface area contributed by atoms with Gasteiger partial charge in [-0.05, 0) is 18.4 Å². The Morgan fingerprint density at radius 1 is 1.27 bits per heavy atom. The molecule has 0 atom stereocenters. The van der Waals surface area contributed by atoms with Crippen molar-refractivity contribution in [2.75, 3.05) is 5.32 Å². The molecular formula is C19H20N4O2S. The number of nitrogens with one attached hydrogen (secondary N) is 1. The number of thiazole rings is 1. The van der Waals surface area contributed by atoms with Gasteiger partial charge in [-0.1, -0.05) is 38.1 Å². The second-order valence-corrected chi connectivity index (χ2v) is 6.99. The summed E-state index contributed by atoms with van der Waals surface area (Å²) in [6.45, 7) is 6.65. The van der Waals surface area contributed by atoms with Crippen molar-refractivity contribution in [2.45, 2.75) is 33.2 Å². The van der Waals surface area contributed by atoms with E-state index in [4.69, 9.17) is 0 Å². The van der Waals surface area contributed by atoms with Crippen LogP contribution in [0.3, 0.4) is 0 Å². The molecule has 0 bridgehead atoms. The summed E-state index contributed by atoms with van der Waals surface area (Å²) in [5.74, 6) is 0.0344. The summed E-state index contributed by atoms with van der Waals surface area (Å²) in [4.78, 5) is 32.9. The molecule has 26 heavy (non-hydrogen) atoms. The highest BCUT2D eigenvalue weighted by atomic mass is 32.1. The molecule has 1 amide bonds. The van der Waals surface area contributed by atoms with E-state index in [1.165, 1.54) is 27.7 Å². The molecule has 0 radical (unpaired) electrons. The van der Waals surface area contributed by atoms with E-state index in [9.17, 15) is 9.59 Å². The number of hydrogen-bond donors (Lipinski definition) is 1. The number of nitrogens with zero attached hydrogens (tertiary/aromatic N) is 3. The summed E-state index contributed by atoms with van der Waals surface area (Å²) in [6, 6.07) is 8.16. The van der Waals surface area contributed by atoms with Crippen molar-refractivity contribution in [3.05, 3.63) is 63.7 Å². The third kappa shape index (κ3) is 3.72. The molecule has 0 aliphatic rings. The summed E-state index contributed by atoms with van der Waals surface area (Å²) in [7, 11) is 0. The Labute approximate surface area is 155 Å². The van der Waals surface area contributed by atoms with Crippen LogP contribution in [0.15, 0.2) is 46.8 Å². The lowest BCUT2D eigenvalue weighted by atomic mass is 10.0. The molecule has 1 N–H and O–H groups in total. The number of anilines is 1. The Morgan fingerprint density at radius 2 is 2.00 bits per heavy atom. The molecule has 1 aromatic carbocycles. The zero-order valence-electron chi connectivity index (χ0n) is 14.9. The van der Waals surface area contributed by atoms with Crippen LogP contribution >= 0.6 is 11.3 Å². The van der Waals surface area contributed by atoms with Crippen LogP contribution in [0, 0.1) is 0 Å². The molecular weight excluding hydrogens is 348 g/mol. The number of carbonyl (C=O) groups is 1. The van der Waals surface area contributed by atoms with Gasteiger partial charge in [0.2, 0.25) is 0 Å². The Bertz CT molecular complexity index is 974. The van der Waals surface area contributed by atoms with Gasteiger partial charge in [0.1, 0.15) is 10.7 Å². The number of aromatic nitrogens is 3. The predicted octanol–water partition coefficient (Wildman–Crippen LogP) is 3.76. The van der Waals surface area contributed by atoms with Crippen LogP contribution in [0.1, 0.15) is 42.7 Å². The zero-order chi connectivity index (χ0) is 18.7. The average molecular weight is 368 g/mol. The summed E-state index contributed by atoms with van der Waals surface area (Å²) < 4.78 is 1.48. The number of amides is 1. The molecule has 0 unspecified atom stereocenters. The van der Waals surface area contributed by atoms with Crippen molar-refractivity contribution in [1.29, 1.82) is 0 Å². The minimum Gasteiger partial charge on any atom is -0.311 e. The van der Waals surface area contributed by atoms with Crippen molar-refractivity contribution in [3.8, 4) is 10.6 Å². The monoisotopic (exact) mass is 368 g/mol. The lowest BCUT2D eigenvalue weighted by Crippen LogP contribution is -2.26. The maximum Gasteiger partial charge on any atom is 0.293 e. The number of aryl methyl sites for hydroxylation is 1. The van der Waals surface area contributed by atoms with Gasteiger partial charge in [0, 0.05) is 29.9 Å². The van der Waals surface area contributed by atoms with Gasteiger partial charge in [0.15, 0.2) is 5.82 Å². The molecule has 0 aliphatic heterocycles. The first-order valence-electron chi connectivity index (χ1n) is 8.42. The molecule has 7 heteroatoms. The lowest BCUT2D eigenvalue weighted by molar-refractivity contribution is 0.102. The largest absolute Gasteiger partial charge is 0.311 e. The zero-order valence-corrected chi connectivity index (χ0v) is 15.7. The highest BCUT2D eigenvalue weighted by Gasteiger charge is 2.15. The third-order valence-corrected chi connectivity index (χ3v) is 4.94. The topological polar surface area (TPSA) is 76.9 Å². The SMILES string of the molecule is CCn1ccnc(NC(=O)c2csc(-c3ccc(C(C)C)cc3)n2)c1=O. The lowest BCUT2D eigenvalue weighted by Gasteiger charge is -2.05. The average Bonchev–Trinajstić information content (AvgIpc) is 3.14. The van der Waals surface area contributed by atoms with E-state index in [0.29, 0.717) is 12.5 Å². The fourth-order valence-electron chi connectivity index (χ4n) is 2.47. The van der Waals surface area contributed by atoms with Crippen LogP contribution in [-0.2, 0) is 6.54 Å². The second-order valence-electron chi connectivity index (χ2n) is 6.14. The molecule has 134 valence electrons. The van der Waals surface area contributed by atoms with Gasteiger partial charge < -0.3 is 9.88 Å². The van der Waals surface area contributed by atoms with Gasteiger partial charge in [-0.25, -0.2) is 9.97 Å². The Kier molecular flexibility index (Phi) is 5.27. The van der Waals surface area contributed by atoms with E-state index in [0.717, 1.165) is 10.6 Å². The van der Waals surface area contributed by atoms with Crippen LogP contribution in [0.2, 0.25) is 0 Å². The smallest absolute Gasteiger partial charge is 0.293 e. The van der Waals surface area contributed by atoms with Crippen molar-refractivity contribution in [1.82, 2.24) is 14.5 Å². The Balaban J connectivity index is 1.79. The van der Waals surface area contributed by atoms with Gasteiger partial charge in [0.05, 0.1) is 0 Å². The predicted molar refractivity (Wildman–Crippen MR) is 104 cm³/mol. The quantitative estimate of drug-likeness (QED) is 0.744. The van der Waals surface area contributed by atoms with E-state index < -0.39 is 5.91 Å². The molecule has 0 aliphatic carbocycles. The van der Waals surface area contributed by atoms with E-state index >= 15 is 0 Å². The van der Waals surface area contributed by atoms with Gasteiger partial charge in [-0.2, -0.15) is 0 Å². The summed E-state index contributed by atoms with van der Waals surface area (Å²) in [6.07, 6.45) is 3.07. The van der Waals surface area contributed by atoms with Crippen LogP contribution in [0.25, 0.3) is 10.6 Å². The fraction of sp³-hybridized carbons (Fsp3) is 0.263. The van der Waals surface area contributed by atoms with E-state index in [-0.39, 0.29) is 17.1 Å². The normalized spacial score (nSPS) is 10.9. The molecule has 0 saturated carbocycles. The maximum atomic E-state index is 12.4. The summed E-state index contributed by atoms with van der Waals surface area (Å²) >= 11 is 1.39. The summed E-state index contributed by atoms with van der Waals surface area (Å²) in [5.41, 5.74) is 2.16. The van der Waals surface area contributed by atoms with Gasteiger partial charge in [-0.3, -0.25) is 9.59 Å². The first-order chi connectivity index (χ1) is 12.5. The number of benzene rings is 1. The van der Waals surface area contributed by atoms with Crippen LogP contribution in [0.4, 0.5) is 5.82 Å². The number of hydrogen-bond acceptors (Lipinski definition) is 5. The van der Waals surface area contributed by atoms with Gasteiger partial charge >= 0.3 is 0 Å². The minimum absolute atomic E-state index is 0.00943. The Morgan fingerprint density at radius 3 is 2.65 bits per heavy atom. The highest BCUT2D eigenvalue weighted by molar-refractivity contribution is 7.13.